The molecule has 0 aromatic heterocycles. The Morgan fingerprint density at radius 3 is 2.83 bits per heavy atom. The Morgan fingerprint density at radius 2 is 2.17 bits per heavy atom. The Balaban J connectivity index is 1.94. The first-order valence-electron chi connectivity index (χ1n) is 6.41. The summed E-state index contributed by atoms with van der Waals surface area (Å²) in [6, 6.07) is 6.50. The van der Waals surface area contributed by atoms with Crippen molar-refractivity contribution in [1.29, 1.82) is 0 Å². The van der Waals surface area contributed by atoms with Crippen molar-refractivity contribution in [3.63, 3.8) is 0 Å². The van der Waals surface area contributed by atoms with E-state index in [1.165, 1.54) is 12.1 Å². The third-order valence-corrected chi connectivity index (χ3v) is 3.37. The quantitative estimate of drug-likeness (QED) is 0.886. The second-order valence-corrected chi connectivity index (χ2v) is 4.79. The molecule has 3 nitrogen and oxygen atoms in total. The third-order valence-electron chi connectivity index (χ3n) is 3.37. The number of halogens is 1. The minimum Gasteiger partial charge on any atom is -0.340 e. The van der Waals surface area contributed by atoms with Gasteiger partial charge in [0, 0.05) is 32.6 Å². The van der Waals surface area contributed by atoms with Crippen molar-refractivity contribution in [2.75, 3.05) is 26.2 Å². The van der Waals surface area contributed by atoms with Crippen LogP contribution >= 0.6 is 0 Å². The molecule has 0 radical (unpaired) electrons. The highest BCUT2D eigenvalue weighted by atomic mass is 19.1. The number of benzene rings is 1. The van der Waals surface area contributed by atoms with Gasteiger partial charge < -0.3 is 10.2 Å². The van der Waals surface area contributed by atoms with Crippen LogP contribution in [-0.2, 0) is 4.79 Å². The summed E-state index contributed by atoms with van der Waals surface area (Å²) in [6.07, 6.45) is 0.448. The minimum absolute atomic E-state index is 0.0584. The highest BCUT2D eigenvalue weighted by Crippen LogP contribution is 2.20. The van der Waals surface area contributed by atoms with Crippen molar-refractivity contribution >= 4 is 5.91 Å². The lowest BCUT2D eigenvalue weighted by atomic mass is 9.97. The molecule has 1 saturated heterocycles. The molecule has 1 heterocycles. The summed E-state index contributed by atoms with van der Waals surface area (Å²) < 4.78 is 13.1. The Morgan fingerprint density at radius 1 is 1.44 bits per heavy atom. The number of carbonyl (C=O) groups is 1. The number of nitrogens with one attached hydrogen (secondary N) is 1. The van der Waals surface area contributed by atoms with Crippen LogP contribution in [0.4, 0.5) is 4.39 Å². The molecule has 1 atom stereocenters. The van der Waals surface area contributed by atoms with Gasteiger partial charge in [-0.05, 0) is 23.6 Å². The molecule has 1 aliphatic rings. The minimum atomic E-state index is -0.242. The van der Waals surface area contributed by atoms with Crippen molar-refractivity contribution in [2.45, 2.75) is 19.3 Å². The number of hydrogen-bond donors (Lipinski definition) is 1. The molecule has 1 N–H and O–H groups in total. The van der Waals surface area contributed by atoms with Gasteiger partial charge in [-0.25, -0.2) is 4.39 Å². The largest absolute Gasteiger partial charge is 0.340 e. The summed E-state index contributed by atoms with van der Waals surface area (Å²) in [5, 5.41) is 3.22. The molecule has 1 amide bonds. The van der Waals surface area contributed by atoms with E-state index in [-0.39, 0.29) is 17.6 Å². The van der Waals surface area contributed by atoms with Gasteiger partial charge in [0.25, 0.3) is 0 Å². The Hall–Kier alpha value is -1.42. The SMILES string of the molecule is CC(CC(=O)N1CCNCC1)c1cccc(F)c1. The molecule has 1 unspecified atom stereocenters. The lowest BCUT2D eigenvalue weighted by Gasteiger charge is -2.28. The fourth-order valence-electron chi connectivity index (χ4n) is 2.24. The zero-order valence-corrected chi connectivity index (χ0v) is 10.7. The van der Waals surface area contributed by atoms with Gasteiger partial charge in [0.2, 0.25) is 5.91 Å². The predicted octanol–water partition coefficient (Wildman–Crippen LogP) is 1.75. The monoisotopic (exact) mass is 250 g/mol. The molecular weight excluding hydrogens is 231 g/mol. The van der Waals surface area contributed by atoms with Gasteiger partial charge in [-0.1, -0.05) is 19.1 Å². The number of piperazine rings is 1. The lowest BCUT2D eigenvalue weighted by Crippen LogP contribution is -2.46. The van der Waals surface area contributed by atoms with Crippen molar-refractivity contribution in [1.82, 2.24) is 10.2 Å². The van der Waals surface area contributed by atoms with Crippen LogP contribution in [0.3, 0.4) is 0 Å². The summed E-state index contributed by atoms with van der Waals surface area (Å²) in [6.45, 7) is 5.23. The van der Waals surface area contributed by atoms with Crippen LogP contribution in [0.1, 0.15) is 24.8 Å². The third kappa shape index (κ3) is 3.29. The van der Waals surface area contributed by atoms with Crippen molar-refractivity contribution in [3.8, 4) is 0 Å². The maximum Gasteiger partial charge on any atom is 0.223 e. The summed E-state index contributed by atoms with van der Waals surface area (Å²) in [5.41, 5.74) is 0.887. The topological polar surface area (TPSA) is 32.3 Å². The van der Waals surface area contributed by atoms with Gasteiger partial charge in [0.15, 0.2) is 0 Å². The van der Waals surface area contributed by atoms with E-state index in [2.05, 4.69) is 5.32 Å². The zero-order chi connectivity index (χ0) is 13.0. The lowest BCUT2D eigenvalue weighted by molar-refractivity contribution is -0.132. The van der Waals surface area contributed by atoms with Gasteiger partial charge in [0.1, 0.15) is 5.82 Å². The number of rotatable bonds is 3. The van der Waals surface area contributed by atoms with Crippen LogP contribution in [0.2, 0.25) is 0 Å². The average Bonchev–Trinajstić information content (AvgIpc) is 2.39. The van der Waals surface area contributed by atoms with Gasteiger partial charge >= 0.3 is 0 Å². The van der Waals surface area contributed by atoms with Crippen LogP contribution < -0.4 is 5.32 Å². The van der Waals surface area contributed by atoms with E-state index in [4.69, 9.17) is 0 Å². The van der Waals surface area contributed by atoms with E-state index in [0.717, 1.165) is 31.7 Å². The van der Waals surface area contributed by atoms with Crippen molar-refractivity contribution in [3.05, 3.63) is 35.6 Å². The second-order valence-electron chi connectivity index (χ2n) is 4.79. The molecule has 0 spiro atoms. The highest BCUT2D eigenvalue weighted by molar-refractivity contribution is 5.77. The number of amides is 1. The smallest absolute Gasteiger partial charge is 0.223 e. The van der Waals surface area contributed by atoms with Crippen molar-refractivity contribution < 1.29 is 9.18 Å². The van der Waals surface area contributed by atoms with Gasteiger partial charge in [-0.15, -0.1) is 0 Å². The molecule has 0 aliphatic carbocycles. The van der Waals surface area contributed by atoms with E-state index >= 15 is 0 Å². The highest BCUT2D eigenvalue weighted by Gasteiger charge is 2.19. The normalized spacial score (nSPS) is 17.6. The first-order valence-corrected chi connectivity index (χ1v) is 6.41. The molecule has 98 valence electrons. The second kappa shape index (κ2) is 5.96. The molecule has 1 fully saturated rings. The summed E-state index contributed by atoms with van der Waals surface area (Å²) in [4.78, 5) is 14.0. The molecule has 0 bridgehead atoms. The number of carbonyl (C=O) groups excluding carboxylic acids is 1. The van der Waals surface area contributed by atoms with Crippen molar-refractivity contribution in [2.24, 2.45) is 0 Å². The maximum absolute atomic E-state index is 13.1. The summed E-state index contributed by atoms with van der Waals surface area (Å²) in [5.74, 6) is -0.0229. The summed E-state index contributed by atoms with van der Waals surface area (Å²) >= 11 is 0. The van der Waals surface area contributed by atoms with Crippen LogP contribution in [0.5, 0.6) is 0 Å². The van der Waals surface area contributed by atoms with E-state index < -0.39 is 0 Å². The van der Waals surface area contributed by atoms with Gasteiger partial charge in [-0.2, -0.15) is 0 Å². The van der Waals surface area contributed by atoms with Gasteiger partial charge in [-0.3, -0.25) is 4.79 Å². The average molecular weight is 250 g/mol. The van der Waals surface area contributed by atoms with E-state index in [9.17, 15) is 9.18 Å². The number of nitrogens with zero attached hydrogens (tertiary/aromatic N) is 1. The molecule has 0 saturated carbocycles. The first kappa shape index (κ1) is 13.0. The molecule has 1 aliphatic heterocycles. The standard InChI is InChI=1S/C14H19FN2O/c1-11(12-3-2-4-13(15)10-12)9-14(18)17-7-5-16-6-8-17/h2-4,10-11,16H,5-9H2,1H3. The molecule has 2 rings (SSSR count). The zero-order valence-electron chi connectivity index (χ0n) is 10.7. The van der Waals surface area contributed by atoms with Crippen LogP contribution in [-0.4, -0.2) is 37.0 Å². The predicted molar refractivity (Wildman–Crippen MR) is 68.9 cm³/mol. The van der Waals surface area contributed by atoms with E-state index in [0.29, 0.717) is 6.42 Å². The van der Waals surface area contributed by atoms with Crippen LogP contribution in [0, 0.1) is 5.82 Å². The van der Waals surface area contributed by atoms with Crippen LogP contribution in [0.25, 0.3) is 0 Å². The van der Waals surface area contributed by atoms with Crippen LogP contribution in [0.15, 0.2) is 24.3 Å². The Labute approximate surface area is 107 Å². The molecule has 1 aromatic carbocycles. The fraction of sp³-hybridized carbons (Fsp3) is 0.500. The van der Waals surface area contributed by atoms with E-state index in [1.807, 2.05) is 17.9 Å². The molecule has 1 aromatic rings. The first-order chi connectivity index (χ1) is 8.66. The maximum atomic E-state index is 13.1. The number of hydrogen-bond acceptors (Lipinski definition) is 2. The van der Waals surface area contributed by atoms with E-state index in [1.54, 1.807) is 6.07 Å². The Kier molecular flexibility index (Phi) is 4.31. The molecule has 18 heavy (non-hydrogen) atoms. The van der Waals surface area contributed by atoms with Gasteiger partial charge in [0.05, 0.1) is 0 Å². The molecule has 4 heteroatoms. The Bertz CT molecular complexity index is 416. The summed E-state index contributed by atoms with van der Waals surface area (Å²) in [7, 11) is 0. The molecular formula is C14H19FN2O. The fourth-order valence-corrected chi connectivity index (χ4v) is 2.24.